The lowest BCUT2D eigenvalue weighted by molar-refractivity contribution is -0.137. The standard InChI is InChI=1S/C14H17N3O3S/c1-8(6-12(18)19)16-13(20)11-7-9(2)17(10(11)3)14-15-4-5-21-14/h4-5,7-8H,6H2,1-3H3,(H,16,20)(H,18,19). The number of aliphatic carboxylic acids is 1. The second kappa shape index (κ2) is 6.09. The molecule has 1 unspecified atom stereocenters. The number of hydrogen-bond acceptors (Lipinski definition) is 4. The van der Waals surface area contributed by atoms with Gasteiger partial charge in [0.1, 0.15) is 0 Å². The Morgan fingerprint density at radius 3 is 2.76 bits per heavy atom. The fourth-order valence-electron chi connectivity index (χ4n) is 2.23. The van der Waals surface area contributed by atoms with Gasteiger partial charge in [-0.1, -0.05) is 0 Å². The molecule has 6 nitrogen and oxygen atoms in total. The topological polar surface area (TPSA) is 84.2 Å². The SMILES string of the molecule is Cc1cc(C(=O)NC(C)CC(=O)O)c(C)n1-c1nccs1. The molecule has 0 aromatic carbocycles. The smallest absolute Gasteiger partial charge is 0.305 e. The highest BCUT2D eigenvalue weighted by Gasteiger charge is 2.19. The lowest BCUT2D eigenvalue weighted by Crippen LogP contribution is -2.34. The van der Waals surface area contributed by atoms with E-state index in [0.717, 1.165) is 16.5 Å². The van der Waals surface area contributed by atoms with Crippen molar-refractivity contribution in [3.05, 3.63) is 34.6 Å². The summed E-state index contributed by atoms with van der Waals surface area (Å²) in [4.78, 5) is 27.2. The van der Waals surface area contributed by atoms with E-state index in [1.807, 2.05) is 23.8 Å². The maximum absolute atomic E-state index is 12.3. The van der Waals surface area contributed by atoms with Gasteiger partial charge in [-0.25, -0.2) is 4.98 Å². The highest BCUT2D eigenvalue weighted by Crippen LogP contribution is 2.22. The van der Waals surface area contributed by atoms with E-state index in [0.29, 0.717) is 5.56 Å². The average Bonchev–Trinajstić information content (AvgIpc) is 2.96. The quantitative estimate of drug-likeness (QED) is 0.886. The van der Waals surface area contributed by atoms with Gasteiger partial charge >= 0.3 is 5.97 Å². The van der Waals surface area contributed by atoms with Crippen molar-refractivity contribution in [2.75, 3.05) is 0 Å². The maximum Gasteiger partial charge on any atom is 0.305 e. The highest BCUT2D eigenvalue weighted by molar-refractivity contribution is 7.12. The van der Waals surface area contributed by atoms with E-state index in [9.17, 15) is 9.59 Å². The molecule has 2 heterocycles. The Labute approximate surface area is 126 Å². The first-order valence-corrected chi connectivity index (χ1v) is 7.39. The summed E-state index contributed by atoms with van der Waals surface area (Å²) in [6, 6.07) is 1.37. The molecule has 112 valence electrons. The number of thiazole rings is 1. The van der Waals surface area contributed by atoms with Gasteiger partial charge in [0.05, 0.1) is 12.0 Å². The molecule has 2 aromatic rings. The van der Waals surface area contributed by atoms with Crippen LogP contribution in [0.4, 0.5) is 0 Å². The number of carboxylic acid groups (broad SMARTS) is 1. The van der Waals surface area contributed by atoms with E-state index >= 15 is 0 Å². The molecule has 0 fully saturated rings. The van der Waals surface area contributed by atoms with Crippen molar-refractivity contribution in [2.24, 2.45) is 0 Å². The summed E-state index contributed by atoms with van der Waals surface area (Å²) in [5, 5.41) is 14.1. The Hall–Kier alpha value is -2.15. The van der Waals surface area contributed by atoms with Crippen LogP contribution in [0, 0.1) is 13.8 Å². The van der Waals surface area contributed by atoms with Crippen LogP contribution >= 0.6 is 11.3 Å². The Morgan fingerprint density at radius 2 is 2.19 bits per heavy atom. The fourth-order valence-corrected chi connectivity index (χ4v) is 2.98. The normalized spacial score (nSPS) is 12.1. The molecule has 2 aromatic heterocycles. The lowest BCUT2D eigenvalue weighted by atomic mass is 10.2. The van der Waals surface area contributed by atoms with Gasteiger partial charge in [-0.2, -0.15) is 0 Å². The Morgan fingerprint density at radius 1 is 1.48 bits per heavy atom. The molecule has 1 atom stereocenters. The molecule has 2 N–H and O–H groups in total. The van der Waals surface area contributed by atoms with Crippen molar-refractivity contribution in [1.82, 2.24) is 14.9 Å². The highest BCUT2D eigenvalue weighted by atomic mass is 32.1. The number of rotatable bonds is 5. The van der Waals surface area contributed by atoms with Crippen LogP contribution in [0.2, 0.25) is 0 Å². The fraction of sp³-hybridized carbons (Fsp3) is 0.357. The van der Waals surface area contributed by atoms with Gasteiger partial charge in [-0.05, 0) is 26.8 Å². The Balaban J connectivity index is 2.23. The summed E-state index contributed by atoms with van der Waals surface area (Å²) >= 11 is 1.49. The van der Waals surface area contributed by atoms with Crippen LogP contribution in [0.15, 0.2) is 17.6 Å². The van der Waals surface area contributed by atoms with E-state index in [2.05, 4.69) is 10.3 Å². The molecular weight excluding hydrogens is 290 g/mol. The number of amides is 1. The zero-order valence-corrected chi connectivity index (χ0v) is 12.9. The van der Waals surface area contributed by atoms with Crippen LogP contribution in [0.3, 0.4) is 0 Å². The Kier molecular flexibility index (Phi) is 4.42. The number of nitrogens with zero attached hydrogens (tertiary/aromatic N) is 2. The molecule has 2 rings (SSSR count). The largest absolute Gasteiger partial charge is 0.481 e. The second-order valence-electron chi connectivity index (χ2n) is 4.91. The van der Waals surface area contributed by atoms with Crippen LogP contribution < -0.4 is 5.32 Å². The Bertz CT molecular complexity index is 661. The number of aryl methyl sites for hydroxylation is 1. The number of nitrogens with one attached hydrogen (secondary N) is 1. The van der Waals surface area contributed by atoms with Crippen molar-refractivity contribution in [2.45, 2.75) is 33.2 Å². The molecule has 0 saturated carbocycles. The van der Waals surface area contributed by atoms with Gasteiger partial charge in [0.2, 0.25) is 0 Å². The minimum Gasteiger partial charge on any atom is -0.481 e. The van der Waals surface area contributed by atoms with E-state index < -0.39 is 12.0 Å². The molecule has 0 radical (unpaired) electrons. The molecule has 0 spiro atoms. The third-order valence-electron chi connectivity index (χ3n) is 3.14. The predicted molar refractivity (Wildman–Crippen MR) is 80.1 cm³/mol. The van der Waals surface area contributed by atoms with Gasteiger partial charge in [0, 0.05) is 29.0 Å². The lowest BCUT2D eigenvalue weighted by Gasteiger charge is -2.11. The predicted octanol–water partition coefficient (Wildman–Crippen LogP) is 2.14. The first-order valence-electron chi connectivity index (χ1n) is 6.51. The molecule has 1 amide bonds. The molecule has 21 heavy (non-hydrogen) atoms. The number of carboxylic acids is 1. The summed E-state index contributed by atoms with van der Waals surface area (Å²) in [5.41, 5.74) is 2.25. The number of carbonyl (C=O) groups is 2. The first kappa shape index (κ1) is 15.2. The van der Waals surface area contributed by atoms with Crippen LogP contribution in [0.25, 0.3) is 5.13 Å². The minimum atomic E-state index is -0.934. The molecule has 0 aliphatic carbocycles. The van der Waals surface area contributed by atoms with E-state index in [1.165, 1.54) is 11.3 Å². The van der Waals surface area contributed by atoms with Crippen molar-refractivity contribution >= 4 is 23.2 Å². The molecule has 0 saturated heterocycles. The number of hydrogen-bond donors (Lipinski definition) is 2. The molecule has 7 heteroatoms. The minimum absolute atomic E-state index is 0.100. The van der Waals surface area contributed by atoms with Gasteiger partial charge in [-0.3, -0.25) is 14.2 Å². The van der Waals surface area contributed by atoms with Crippen LogP contribution in [0.5, 0.6) is 0 Å². The maximum atomic E-state index is 12.3. The molecule has 0 aliphatic rings. The third kappa shape index (κ3) is 3.30. The van der Waals surface area contributed by atoms with Gasteiger partial charge in [-0.15, -0.1) is 11.3 Å². The van der Waals surface area contributed by atoms with Crippen LogP contribution in [-0.2, 0) is 4.79 Å². The number of carbonyl (C=O) groups excluding carboxylic acids is 1. The zero-order valence-electron chi connectivity index (χ0n) is 12.1. The van der Waals surface area contributed by atoms with Crippen LogP contribution in [0.1, 0.15) is 35.1 Å². The zero-order chi connectivity index (χ0) is 15.6. The van der Waals surface area contributed by atoms with Crippen molar-refractivity contribution in [1.29, 1.82) is 0 Å². The van der Waals surface area contributed by atoms with Gasteiger partial charge in [0.25, 0.3) is 5.91 Å². The first-order chi connectivity index (χ1) is 9.90. The molecule has 0 bridgehead atoms. The second-order valence-corrected chi connectivity index (χ2v) is 5.78. The van der Waals surface area contributed by atoms with Crippen molar-refractivity contribution < 1.29 is 14.7 Å². The molecule has 0 aliphatic heterocycles. The van der Waals surface area contributed by atoms with Crippen molar-refractivity contribution in [3.63, 3.8) is 0 Å². The van der Waals surface area contributed by atoms with Crippen molar-refractivity contribution in [3.8, 4) is 5.13 Å². The summed E-state index contributed by atoms with van der Waals surface area (Å²) in [7, 11) is 0. The summed E-state index contributed by atoms with van der Waals surface area (Å²) in [5.74, 6) is -1.20. The number of aromatic nitrogens is 2. The van der Waals surface area contributed by atoms with Gasteiger partial charge in [0.15, 0.2) is 5.13 Å². The summed E-state index contributed by atoms with van der Waals surface area (Å²) in [6.07, 6.45) is 1.62. The van der Waals surface area contributed by atoms with E-state index in [-0.39, 0.29) is 12.3 Å². The molecular formula is C14H17N3O3S. The van der Waals surface area contributed by atoms with E-state index in [4.69, 9.17) is 5.11 Å². The summed E-state index contributed by atoms with van der Waals surface area (Å²) in [6.45, 7) is 5.43. The monoisotopic (exact) mass is 307 g/mol. The average molecular weight is 307 g/mol. The van der Waals surface area contributed by atoms with Crippen LogP contribution in [-0.4, -0.2) is 32.6 Å². The third-order valence-corrected chi connectivity index (χ3v) is 3.90. The van der Waals surface area contributed by atoms with E-state index in [1.54, 1.807) is 19.2 Å². The summed E-state index contributed by atoms with van der Waals surface area (Å²) < 4.78 is 1.92. The van der Waals surface area contributed by atoms with Gasteiger partial charge < -0.3 is 10.4 Å².